The summed E-state index contributed by atoms with van der Waals surface area (Å²) in [7, 11) is 0. The highest BCUT2D eigenvalue weighted by atomic mass is 32.1. The molecule has 8 rings (SSSR count). The van der Waals surface area contributed by atoms with E-state index in [1.807, 2.05) is 62.5 Å². The van der Waals surface area contributed by atoms with Gasteiger partial charge >= 0.3 is 4.87 Å². The van der Waals surface area contributed by atoms with Crippen LogP contribution >= 0.6 is 11.3 Å². The Morgan fingerprint density at radius 2 is 1.23 bits per heavy atom. The summed E-state index contributed by atoms with van der Waals surface area (Å²) >= 11 is 1.16. The predicted molar refractivity (Wildman–Crippen MR) is 268 cm³/mol. The quantitative estimate of drug-likeness (QED) is 0.0454. The number of aromatic nitrogens is 3. The van der Waals surface area contributed by atoms with Crippen molar-refractivity contribution in [2.45, 2.75) is 129 Å². The van der Waals surface area contributed by atoms with Crippen LogP contribution in [0.25, 0.3) is 10.2 Å². The highest BCUT2D eigenvalue weighted by Gasteiger charge is 2.26. The van der Waals surface area contributed by atoms with Crippen LogP contribution in [0.2, 0.25) is 0 Å². The summed E-state index contributed by atoms with van der Waals surface area (Å²) in [6.45, 7) is 13.7. The lowest BCUT2D eigenvalue weighted by Crippen LogP contribution is -2.39. The van der Waals surface area contributed by atoms with Gasteiger partial charge in [-0.2, -0.15) is 0 Å². The summed E-state index contributed by atoms with van der Waals surface area (Å²) in [5, 5.41) is 40.0. The minimum absolute atomic E-state index is 0.0761. The zero-order chi connectivity index (χ0) is 47.2. The van der Waals surface area contributed by atoms with E-state index in [1.165, 1.54) is 31.2 Å². The van der Waals surface area contributed by atoms with E-state index >= 15 is 0 Å². The van der Waals surface area contributed by atoms with E-state index in [0.29, 0.717) is 53.9 Å². The molecule has 66 heavy (non-hydrogen) atoms. The second kappa shape index (κ2) is 20.8. The molecule has 2 fully saturated rings. The van der Waals surface area contributed by atoms with Crippen molar-refractivity contribution in [1.29, 1.82) is 0 Å². The van der Waals surface area contributed by atoms with Gasteiger partial charge in [0.2, 0.25) is 0 Å². The Labute approximate surface area is 391 Å². The predicted octanol–water partition coefficient (Wildman–Crippen LogP) is 9.36. The largest absolute Gasteiger partial charge is 0.390 e. The van der Waals surface area contributed by atoms with Crippen molar-refractivity contribution in [3.8, 4) is 0 Å². The van der Waals surface area contributed by atoms with Crippen molar-refractivity contribution in [1.82, 2.24) is 25.6 Å². The van der Waals surface area contributed by atoms with Gasteiger partial charge < -0.3 is 47.1 Å². The fraction of sp³-hybridized carbons (Fsp3) is 0.480. The normalized spacial score (nSPS) is 17.1. The maximum Gasteiger partial charge on any atom is 0.305 e. The van der Waals surface area contributed by atoms with Crippen LogP contribution < -0.4 is 36.8 Å². The molecule has 0 bridgehead atoms. The maximum absolute atomic E-state index is 13.0. The fourth-order valence-electron chi connectivity index (χ4n) is 8.12. The fourth-order valence-corrected chi connectivity index (χ4v) is 8.89. The molecule has 3 aliphatic rings. The number of fused-ring (bicyclic) bond motifs is 2. The second-order valence-corrected chi connectivity index (χ2v) is 20.3. The number of carbonyl (C=O) groups excluding carboxylic acids is 2. The van der Waals surface area contributed by atoms with Gasteiger partial charge in [-0.1, -0.05) is 57.8 Å². The molecule has 3 atom stereocenters. The van der Waals surface area contributed by atoms with Gasteiger partial charge in [-0.25, -0.2) is 9.97 Å². The first-order valence-corrected chi connectivity index (χ1v) is 24.1. The van der Waals surface area contributed by atoms with E-state index in [4.69, 9.17) is 0 Å². The van der Waals surface area contributed by atoms with E-state index < -0.39 is 11.2 Å². The van der Waals surface area contributed by atoms with Crippen LogP contribution in [0.4, 0.5) is 40.1 Å². The monoisotopic (exact) mass is 918 g/mol. The van der Waals surface area contributed by atoms with E-state index in [-0.39, 0.29) is 28.5 Å². The summed E-state index contributed by atoms with van der Waals surface area (Å²) in [4.78, 5) is 53.7. The number of benzene rings is 2. The Kier molecular flexibility index (Phi) is 15.1. The van der Waals surface area contributed by atoms with Crippen molar-refractivity contribution < 1.29 is 19.8 Å². The minimum Gasteiger partial charge on any atom is -0.390 e. The molecule has 0 radical (unpaired) electrons. The third kappa shape index (κ3) is 12.5. The van der Waals surface area contributed by atoms with Gasteiger partial charge in [-0.3, -0.25) is 19.4 Å². The molecule has 1 aliphatic heterocycles. The number of anilines is 6. The van der Waals surface area contributed by atoms with Crippen molar-refractivity contribution in [2.75, 3.05) is 34.4 Å². The Morgan fingerprint density at radius 3 is 1.73 bits per heavy atom. The average Bonchev–Trinajstić information content (AvgIpc) is 4.11. The van der Waals surface area contributed by atoms with Gasteiger partial charge in [0.25, 0.3) is 11.8 Å². The van der Waals surface area contributed by atoms with Crippen LogP contribution in [0.5, 0.6) is 0 Å². The molecule has 0 saturated heterocycles. The van der Waals surface area contributed by atoms with Crippen molar-refractivity contribution in [3.05, 3.63) is 87.3 Å². The molecule has 2 amide bonds. The standard InChI is InChI=1S/C26H35N5O2.C24H31N5O3S/c1-16-13-27-22-10-9-19(11-20(16)22)31-24-12-23(30-18-7-5-6-8-18)21(15-28-24)25(32)29-14-17(2)26(3,4)33;1-14(24(2,3)32)12-26-22(30)17-13-25-21(11-19(17)27-15-6-4-5-7-15)28-16-8-9-18-20(10-16)33-23(31)29-18/h9-13,15-18,33H,5-8,14H2,1-4H3,(H,29,32)(H2,28,30,31);8-11,13-15,32H,4-7,12H2,1-3H3,(H,26,30)(H,29,31)(H2,25,27,28)/t16?,17-;14-/m11/s1. The lowest BCUT2D eigenvalue weighted by molar-refractivity contribution is 0.0245. The van der Waals surface area contributed by atoms with Crippen molar-refractivity contribution >= 4 is 79.7 Å². The first-order chi connectivity index (χ1) is 31.4. The zero-order valence-corrected chi connectivity index (χ0v) is 40.0. The van der Waals surface area contributed by atoms with Gasteiger partial charge in [-0.05, 0) is 95.3 Å². The second-order valence-electron chi connectivity index (χ2n) is 19.3. The van der Waals surface area contributed by atoms with Gasteiger partial charge in [0.15, 0.2) is 0 Å². The van der Waals surface area contributed by atoms with Crippen LogP contribution in [0.3, 0.4) is 0 Å². The molecule has 4 heterocycles. The number of aliphatic hydroxyl groups is 2. The first-order valence-electron chi connectivity index (χ1n) is 23.3. The molecule has 5 aromatic rings. The zero-order valence-electron chi connectivity index (χ0n) is 39.2. The summed E-state index contributed by atoms with van der Waals surface area (Å²) < 4.78 is 0.867. The topological polar surface area (TPSA) is 218 Å². The van der Waals surface area contributed by atoms with Gasteiger partial charge in [0.05, 0.1) is 49.6 Å². The number of amides is 2. The number of nitrogens with one attached hydrogen (secondary N) is 7. The van der Waals surface area contributed by atoms with Gasteiger partial charge in [-0.15, -0.1) is 0 Å². The van der Waals surface area contributed by atoms with Gasteiger partial charge in [0.1, 0.15) is 11.6 Å². The number of thiazole rings is 1. The molecular weight excluding hydrogens is 853 g/mol. The molecule has 3 aromatic heterocycles. The van der Waals surface area contributed by atoms with E-state index in [2.05, 4.69) is 64.8 Å². The molecule has 2 aliphatic carbocycles. The third-order valence-corrected chi connectivity index (χ3v) is 14.0. The highest BCUT2D eigenvalue weighted by molar-refractivity contribution is 7.16. The molecule has 16 heteroatoms. The number of rotatable bonds is 16. The Morgan fingerprint density at radius 1 is 0.742 bits per heavy atom. The van der Waals surface area contributed by atoms with Crippen LogP contribution in [-0.4, -0.2) is 79.6 Å². The maximum atomic E-state index is 13.0. The molecule has 2 saturated carbocycles. The molecular formula is C50H66N10O5S. The Balaban J connectivity index is 0.000000196. The highest BCUT2D eigenvalue weighted by Crippen LogP contribution is 2.35. The number of aliphatic imine (C=N–C) groups is 1. The van der Waals surface area contributed by atoms with Crippen LogP contribution in [0.1, 0.15) is 132 Å². The van der Waals surface area contributed by atoms with Crippen LogP contribution in [-0.2, 0) is 0 Å². The first kappa shape index (κ1) is 48.1. The van der Waals surface area contributed by atoms with Gasteiger partial charge in [0, 0.05) is 85.0 Å². The number of aromatic amines is 1. The summed E-state index contributed by atoms with van der Waals surface area (Å²) in [6, 6.07) is 16.2. The number of H-pyrrole nitrogens is 1. The lowest BCUT2D eigenvalue weighted by atomic mass is 9.93. The van der Waals surface area contributed by atoms with E-state index in [9.17, 15) is 24.6 Å². The van der Waals surface area contributed by atoms with Crippen molar-refractivity contribution in [2.24, 2.45) is 16.8 Å². The van der Waals surface area contributed by atoms with Crippen LogP contribution in [0, 0.1) is 11.8 Å². The minimum atomic E-state index is -0.876. The Hall–Kier alpha value is -5.84. The molecule has 1 unspecified atom stereocenters. The summed E-state index contributed by atoms with van der Waals surface area (Å²) in [5.74, 6) is 1.01. The molecule has 352 valence electrons. The molecule has 15 nitrogen and oxygen atoms in total. The number of nitrogens with zero attached hydrogens (tertiary/aromatic N) is 3. The number of hydrogen-bond donors (Lipinski definition) is 9. The molecule has 0 spiro atoms. The third-order valence-electron chi connectivity index (χ3n) is 13.2. The average molecular weight is 919 g/mol. The number of pyridine rings is 2. The summed E-state index contributed by atoms with van der Waals surface area (Å²) in [6.07, 6.45) is 14.3. The summed E-state index contributed by atoms with van der Waals surface area (Å²) in [5.41, 5.74) is 5.56. The SMILES string of the molecule is CC1C=Nc2ccc(Nc3cc(NC4CCCC4)c(C(=O)NC[C@@H](C)C(C)(C)O)cn3)cc21.C[C@H](CNC(=O)c1cnc(Nc2ccc3[nH]c(=O)sc3c2)cc1NC1CCCC1)C(C)(C)O. The molecule has 9 N–H and O–H groups in total. The van der Waals surface area contributed by atoms with Crippen molar-refractivity contribution in [3.63, 3.8) is 0 Å². The Bertz CT molecular complexity index is 2580. The number of hydrogen-bond acceptors (Lipinski definition) is 13. The van der Waals surface area contributed by atoms with E-state index in [0.717, 1.165) is 75.7 Å². The lowest BCUT2D eigenvalue weighted by Gasteiger charge is -2.26. The van der Waals surface area contributed by atoms with Crippen LogP contribution in [0.15, 0.2) is 70.7 Å². The smallest absolute Gasteiger partial charge is 0.305 e. The van der Waals surface area contributed by atoms with E-state index in [1.54, 1.807) is 40.1 Å². The molecule has 2 aromatic carbocycles. The number of carbonyl (C=O) groups is 2.